The molecule has 0 amide bonds. The van der Waals surface area contributed by atoms with Gasteiger partial charge in [-0.1, -0.05) is 19.3 Å². The first kappa shape index (κ1) is 11.9. The van der Waals surface area contributed by atoms with Crippen LogP contribution in [0.4, 0.5) is 0 Å². The SMILES string of the molecule is CC(S)(C1CCCCC1)C(N)C(=O)O. The summed E-state index contributed by atoms with van der Waals surface area (Å²) < 4.78 is -0.577. The monoisotopic (exact) mass is 217 g/mol. The van der Waals surface area contributed by atoms with Crippen molar-refractivity contribution in [2.45, 2.75) is 49.8 Å². The van der Waals surface area contributed by atoms with Gasteiger partial charge in [-0.2, -0.15) is 12.6 Å². The van der Waals surface area contributed by atoms with Gasteiger partial charge in [0.15, 0.2) is 0 Å². The summed E-state index contributed by atoms with van der Waals surface area (Å²) in [6, 6.07) is -0.867. The summed E-state index contributed by atoms with van der Waals surface area (Å²) in [4.78, 5) is 10.8. The molecule has 1 aliphatic carbocycles. The Labute approximate surface area is 90.5 Å². The van der Waals surface area contributed by atoms with Crippen molar-refractivity contribution < 1.29 is 9.90 Å². The quantitative estimate of drug-likeness (QED) is 0.630. The Kier molecular flexibility index (Phi) is 3.84. The number of carboxylic acid groups (broad SMARTS) is 1. The molecule has 82 valence electrons. The zero-order valence-electron chi connectivity index (χ0n) is 8.57. The third-order valence-electron chi connectivity index (χ3n) is 3.33. The molecule has 0 heterocycles. The van der Waals surface area contributed by atoms with Gasteiger partial charge in [0.25, 0.3) is 0 Å². The van der Waals surface area contributed by atoms with Crippen LogP contribution in [0.15, 0.2) is 0 Å². The van der Waals surface area contributed by atoms with Crippen molar-refractivity contribution in [2.75, 3.05) is 0 Å². The summed E-state index contributed by atoms with van der Waals surface area (Å²) in [6.45, 7) is 1.85. The van der Waals surface area contributed by atoms with Gasteiger partial charge < -0.3 is 10.8 Å². The minimum absolute atomic E-state index is 0.339. The lowest BCUT2D eigenvalue weighted by Crippen LogP contribution is -2.52. The first-order chi connectivity index (χ1) is 6.46. The fraction of sp³-hybridized carbons (Fsp3) is 0.900. The van der Waals surface area contributed by atoms with E-state index in [4.69, 9.17) is 10.8 Å². The van der Waals surface area contributed by atoms with E-state index in [2.05, 4.69) is 12.6 Å². The van der Waals surface area contributed by atoms with Crippen LogP contribution in [0.1, 0.15) is 39.0 Å². The second kappa shape index (κ2) is 4.53. The van der Waals surface area contributed by atoms with Crippen molar-refractivity contribution in [3.63, 3.8) is 0 Å². The van der Waals surface area contributed by atoms with Crippen LogP contribution >= 0.6 is 12.6 Å². The number of hydrogen-bond acceptors (Lipinski definition) is 3. The number of aliphatic carboxylic acids is 1. The highest BCUT2D eigenvalue weighted by Crippen LogP contribution is 2.38. The standard InChI is InChI=1S/C10H19NO2S/c1-10(14,8(11)9(12)13)7-5-3-2-4-6-7/h7-8,14H,2-6,11H2,1H3,(H,12,13). The molecule has 0 bridgehead atoms. The lowest BCUT2D eigenvalue weighted by Gasteiger charge is -2.38. The molecular formula is C10H19NO2S. The van der Waals surface area contributed by atoms with Crippen molar-refractivity contribution in [2.24, 2.45) is 11.7 Å². The molecule has 4 heteroatoms. The van der Waals surface area contributed by atoms with Crippen LogP contribution in [0, 0.1) is 5.92 Å². The van der Waals surface area contributed by atoms with Gasteiger partial charge in [-0.15, -0.1) is 0 Å². The topological polar surface area (TPSA) is 63.3 Å². The molecule has 1 aliphatic rings. The molecule has 14 heavy (non-hydrogen) atoms. The Bertz CT molecular complexity index is 212. The number of nitrogens with two attached hydrogens (primary N) is 1. The zero-order valence-corrected chi connectivity index (χ0v) is 9.46. The molecule has 1 rings (SSSR count). The third kappa shape index (κ3) is 2.42. The highest BCUT2D eigenvalue weighted by Gasteiger charge is 2.40. The molecule has 1 fully saturated rings. The summed E-state index contributed by atoms with van der Waals surface area (Å²) in [7, 11) is 0. The summed E-state index contributed by atoms with van der Waals surface area (Å²) in [5.41, 5.74) is 5.65. The molecular weight excluding hydrogens is 198 g/mol. The van der Waals surface area contributed by atoms with Gasteiger partial charge in [0.2, 0.25) is 0 Å². The number of carbonyl (C=O) groups is 1. The zero-order chi connectivity index (χ0) is 10.8. The molecule has 0 aromatic heterocycles. The van der Waals surface area contributed by atoms with E-state index in [0.717, 1.165) is 12.8 Å². The summed E-state index contributed by atoms with van der Waals surface area (Å²) in [6.07, 6.45) is 5.71. The lowest BCUT2D eigenvalue weighted by molar-refractivity contribution is -0.139. The van der Waals surface area contributed by atoms with Crippen molar-refractivity contribution in [1.82, 2.24) is 0 Å². The van der Waals surface area contributed by atoms with E-state index in [1.54, 1.807) is 0 Å². The summed E-state index contributed by atoms with van der Waals surface area (Å²) >= 11 is 4.46. The average molecular weight is 217 g/mol. The van der Waals surface area contributed by atoms with E-state index < -0.39 is 16.8 Å². The second-order valence-electron chi connectivity index (χ2n) is 4.38. The Morgan fingerprint density at radius 1 is 1.50 bits per heavy atom. The molecule has 3 nitrogen and oxygen atoms in total. The first-order valence-corrected chi connectivity index (χ1v) is 5.61. The number of carboxylic acids is 1. The maximum absolute atomic E-state index is 10.8. The number of hydrogen-bond donors (Lipinski definition) is 3. The first-order valence-electron chi connectivity index (χ1n) is 5.17. The fourth-order valence-electron chi connectivity index (χ4n) is 2.19. The van der Waals surface area contributed by atoms with Gasteiger partial charge in [0.05, 0.1) is 0 Å². The average Bonchev–Trinajstić information content (AvgIpc) is 2.18. The Balaban J connectivity index is 2.66. The van der Waals surface area contributed by atoms with Crippen molar-refractivity contribution >= 4 is 18.6 Å². The molecule has 0 aromatic carbocycles. The van der Waals surface area contributed by atoms with Crippen molar-refractivity contribution in [1.29, 1.82) is 0 Å². The highest BCUT2D eigenvalue weighted by atomic mass is 32.1. The molecule has 0 aliphatic heterocycles. The molecule has 3 N–H and O–H groups in total. The predicted octanol–water partition coefficient (Wildman–Crippen LogP) is 1.67. The molecule has 2 atom stereocenters. The van der Waals surface area contributed by atoms with Gasteiger partial charge in [-0.05, 0) is 25.7 Å². The minimum atomic E-state index is -0.951. The van der Waals surface area contributed by atoms with Crippen molar-refractivity contribution in [3.05, 3.63) is 0 Å². The van der Waals surface area contributed by atoms with Gasteiger partial charge >= 0.3 is 5.97 Å². The van der Waals surface area contributed by atoms with E-state index in [9.17, 15) is 4.79 Å². The normalized spacial score (nSPS) is 25.4. The number of rotatable bonds is 3. The number of thiol groups is 1. The molecule has 0 spiro atoms. The largest absolute Gasteiger partial charge is 0.480 e. The molecule has 0 saturated heterocycles. The third-order valence-corrected chi connectivity index (χ3v) is 3.97. The van der Waals surface area contributed by atoms with E-state index in [1.807, 2.05) is 6.92 Å². The van der Waals surface area contributed by atoms with E-state index in [-0.39, 0.29) is 0 Å². The smallest absolute Gasteiger partial charge is 0.321 e. The summed E-state index contributed by atoms with van der Waals surface area (Å²) in [5, 5.41) is 8.87. The highest BCUT2D eigenvalue weighted by molar-refractivity contribution is 7.81. The second-order valence-corrected chi connectivity index (χ2v) is 5.34. The van der Waals surface area contributed by atoms with E-state index >= 15 is 0 Å². The Morgan fingerprint density at radius 3 is 2.43 bits per heavy atom. The molecule has 1 saturated carbocycles. The van der Waals surface area contributed by atoms with Crippen LogP contribution in [0.5, 0.6) is 0 Å². The van der Waals surface area contributed by atoms with Gasteiger partial charge in [-0.25, -0.2) is 0 Å². The Morgan fingerprint density at radius 2 is 2.00 bits per heavy atom. The maximum Gasteiger partial charge on any atom is 0.321 e. The van der Waals surface area contributed by atoms with Crippen LogP contribution in [-0.2, 0) is 4.79 Å². The van der Waals surface area contributed by atoms with Crippen LogP contribution in [0.25, 0.3) is 0 Å². The van der Waals surface area contributed by atoms with Crippen LogP contribution in [-0.4, -0.2) is 21.9 Å². The van der Waals surface area contributed by atoms with Crippen LogP contribution < -0.4 is 5.73 Å². The molecule has 0 aromatic rings. The lowest BCUT2D eigenvalue weighted by atomic mass is 9.77. The maximum atomic E-state index is 10.8. The molecule has 2 unspecified atom stereocenters. The molecule has 0 radical (unpaired) electrons. The predicted molar refractivity (Wildman–Crippen MR) is 59.6 cm³/mol. The Hall–Kier alpha value is -0.220. The van der Waals surface area contributed by atoms with Crippen molar-refractivity contribution in [3.8, 4) is 0 Å². The minimum Gasteiger partial charge on any atom is -0.480 e. The van der Waals surface area contributed by atoms with E-state index in [0.29, 0.717) is 5.92 Å². The fourth-order valence-corrected chi connectivity index (χ4v) is 2.56. The van der Waals surface area contributed by atoms with Gasteiger partial charge in [0, 0.05) is 4.75 Å². The van der Waals surface area contributed by atoms with Gasteiger partial charge in [-0.3, -0.25) is 4.79 Å². The van der Waals surface area contributed by atoms with Crippen LogP contribution in [0.2, 0.25) is 0 Å². The van der Waals surface area contributed by atoms with Crippen LogP contribution in [0.3, 0.4) is 0 Å². The summed E-state index contributed by atoms with van der Waals surface area (Å²) in [5.74, 6) is -0.612. The van der Waals surface area contributed by atoms with E-state index in [1.165, 1.54) is 19.3 Å². The van der Waals surface area contributed by atoms with Gasteiger partial charge in [0.1, 0.15) is 6.04 Å².